The van der Waals surface area contributed by atoms with Gasteiger partial charge in [0.25, 0.3) is 0 Å². The number of hydrogen-bond acceptors (Lipinski definition) is 3. The Hall–Kier alpha value is -0.0400. The molecule has 0 radical (unpaired) electrons. The van der Waals surface area contributed by atoms with Crippen molar-refractivity contribution in [1.29, 1.82) is 0 Å². The first kappa shape index (κ1) is 16.0. The lowest BCUT2D eigenvalue weighted by atomic mass is 10.1. The molecule has 18 heavy (non-hydrogen) atoms. The third kappa shape index (κ3) is 3.10. The van der Waals surface area contributed by atoms with Crippen LogP contribution >= 0.6 is 27.5 Å². The average molecular weight is 359 g/mol. The molecule has 1 rings (SSSR count). The molecule has 104 valence electrons. The van der Waals surface area contributed by atoms with Gasteiger partial charge in [-0.3, -0.25) is 0 Å². The van der Waals surface area contributed by atoms with Gasteiger partial charge in [-0.15, -0.1) is 11.6 Å². The molecule has 0 bridgehead atoms. The lowest BCUT2D eigenvalue weighted by Gasteiger charge is -2.26. The molecule has 4 nitrogen and oxygen atoms in total. The molecule has 1 heterocycles. The zero-order valence-corrected chi connectivity index (χ0v) is 13.9. The van der Waals surface area contributed by atoms with Crippen molar-refractivity contribution < 1.29 is 12.8 Å². The van der Waals surface area contributed by atoms with Crippen LogP contribution in [0, 0.1) is 5.92 Å². The van der Waals surface area contributed by atoms with Crippen LogP contribution in [0.5, 0.6) is 0 Å². The molecule has 0 saturated heterocycles. The van der Waals surface area contributed by atoms with Crippen LogP contribution in [0.4, 0.5) is 0 Å². The smallest absolute Gasteiger partial charge is 0.247 e. The molecule has 7 heteroatoms. The molecule has 1 atom stereocenters. The Labute approximate surface area is 121 Å². The van der Waals surface area contributed by atoms with Gasteiger partial charge >= 0.3 is 0 Å². The summed E-state index contributed by atoms with van der Waals surface area (Å²) in [5, 5.41) is 0. The van der Waals surface area contributed by atoms with Crippen molar-refractivity contribution in [2.75, 3.05) is 7.05 Å². The molecule has 0 spiro atoms. The second kappa shape index (κ2) is 5.94. The molecule has 0 aromatic carbocycles. The van der Waals surface area contributed by atoms with Crippen molar-refractivity contribution in [2.24, 2.45) is 5.92 Å². The van der Waals surface area contributed by atoms with Gasteiger partial charge in [-0.2, -0.15) is 4.31 Å². The van der Waals surface area contributed by atoms with E-state index in [2.05, 4.69) is 15.9 Å². The zero-order valence-electron chi connectivity index (χ0n) is 10.8. The molecule has 0 aliphatic rings. The van der Waals surface area contributed by atoms with Crippen molar-refractivity contribution in [3.63, 3.8) is 0 Å². The maximum absolute atomic E-state index is 12.4. The van der Waals surface area contributed by atoms with E-state index in [1.807, 2.05) is 20.8 Å². The number of rotatable bonds is 5. The van der Waals surface area contributed by atoms with Crippen molar-refractivity contribution >= 4 is 37.6 Å². The van der Waals surface area contributed by atoms with E-state index in [0.717, 1.165) is 0 Å². The number of hydrogen-bond donors (Lipinski definition) is 0. The topological polar surface area (TPSA) is 50.5 Å². The lowest BCUT2D eigenvalue weighted by Crippen LogP contribution is -2.38. The highest BCUT2D eigenvalue weighted by atomic mass is 79.9. The first-order chi connectivity index (χ1) is 8.21. The minimum atomic E-state index is -3.57. The van der Waals surface area contributed by atoms with E-state index in [4.69, 9.17) is 16.0 Å². The molecule has 1 unspecified atom stereocenters. The van der Waals surface area contributed by atoms with Crippen LogP contribution in [0.2, 0.25) is 0 Å². The summed E-state index contributed by atoms with van der Waals surface area (Å²) in [6.45, 7) is 5.83. The fraction of sp³-hybridized carbons (Fsp3) is 0.636. The zero-order chi connectivity index (χ0) is 14.1. The van der Waals surface area contributed by atoms with E-state index in [9.17, 15) is 8.42 Å². The van der Waals surface area contributed by atoms with E-state index in [-0.39, 0.29) is 27.4 Å². The average Bonchev–Trinajstić information content (AvgIpc) is 2.69. The van der Waals surface area contributed by atoms with Crippen LogP contribution in [0.1, 0.15) is 26.5 Å². The van der Waals surface area contributed by atoms with Crippen molar-refractivity contribution in [3.05, 3.63) is 16.5 Å². The number of furan rings is 1. The van der Waals surface area contributed by atoms with Crippen molar-refractivity contribution in [1.82, 2.24) is 4.31 Å². The largest absolute Gasteiger partial charge is 0.452 e. The molecule has 0 fully saturated rings. The predicted octanol–water partition coefficient (Wildman–Crippen LogP) is 3.45. The summed E-state index contributed by atoms with van der Waals surface area (Å²) in [6.07, 6.45) is 0. The van der Waals surface area contributed by atoms with Crippen molar-refractivity contribution in [2.45, 2.75) is 37.6 Å². The Balaban J connectivity index is 3.17. The standard InChI is InChI=1S/C11H17BrClNO3S/c1-7(2)8(3)14(4)18(15,16)10-5-9(6-13)17-11(10)12/h5,7-8H,6H2,1-4H3. The Morgan fingerprint density at radius 3 is 2.39 bits per heavy atom. The molecule has 0 aliphatic carbocycles. The quantitative estimate of drug-likeness (QED) is 0.758. The molecule has 1 aromatic heterocycles. The molecule has 0 amide bonds. The maximum Gasteiger partial charge on any atom is 0.247 e. The van der Waals surface area contributed by atoms with Crippen LogP contribution in [0.25, 0.3) is 0 Å². The predicted molar refractivity (Wildman–Crippen MR) is 75.2 cm³/mol. The second-order valence-corrected chi connectivity index (χ2v) is 7.44. The van der Waals surface area contributed by atoms with Gasteiger partial charge in [0.2, 0.25) is 10.0 Å². The third-order valence-electron chi connectivity index (χ3n) is 3.03. The van der Waals surface area contributed by atoms with E-state index < -0.39 is 10.0 Å². The highest BCUT2D eigenvalue weighted by molar-refractivity contribution is 9.10. The molecule has 0 aliphatic heterocycles. The second-order valence-electron chi connectivity index (χ2n) is 4.49. The number of halogens is 2. The molecular weight excluding hydrogens is 342 g/mol. The molecular formula is C11H17BrClNO3S. The van der Waals surface area contributed by atoms with Gasteiger partial charge in [-0.1, -0.05) is 13.8 Å². The van der Waals surface area contributed by atoms with Crippen LogP contribution in [-0.2, 0) is 15.9 Å². The summed E-state index contributed by atoms with van der Waals surface area (Å²) in [5.41, 5.74) is 0. The molecule has 0 saturated carbocycles. The minimum absolute atomic E-state index is 0.101. The summed E-state index contributed by atoms with van der Waals surface area (Å²) in [7, 11) is -2.00. The highest BCUT2D eigenvalue weighted by Crippen LogP contribution is 2.30. The van der Waals surface area contributed by atoms with Crippen molar-refractivity contribution in [3.8, 4) is 0 Å². The molecule has 1 aromatic rings. The van der Waals surface area contributed by atoms with E-state index in [1.165, 1.54) is 10.4 Å². The summed E-state index contributed by atoms with van der Waals surface area (Å²) < 4.78 is 31.6. The van der Waals surface area contributed by atoms with E-state index in [0.29, 0.717) is 5.76 Å². The van der Waals surface area contributed by atoms with Gasteiger partial charge in [0.05, 0.1) is 5.88 Å². The van der Waals surface area contributed by atoms with Crippen LogP contribution < -0.4 is 0 Å². The maximum atomic E-state index is 12.4. The van der Waals surface area contributed by atoms with Gasteiger partial charge in [-0.25, -0.2) is 8.42 Å². The van der Waals surface area contributed by atoms with Crippen LogP contribution in [0.3, 0.4) is 0 Å². The minimum Gasteiger partial charge on any atom is -0.452 e. The highest BCUT2D eigenvalue weighted by Gasteiger charge is 2.31. The monoisotopic (exact) mass is 357 g/mol. The number of sulfonamides is 1. The third-order valence-corrected chi connectivity index (χ3v) is 6.10. The fourth-order valence-corrected chi connectivity index (χ4v) is 4.02. The number of nitrogens with zero attached hydrogens (tertiary/aromatic N) is 1. The Kier molecular flexibility index (Phi) is 5.29. The van der Waals surface area contributed by atoms with Gasteiger partial charge in [0, 0.05) is 19.2 Å². The number of alkyl halides is 1. The van der Waals surface area contributed by atoms with Gasteiger partial charge in [0.1, 0.15) is 10.7 Å². The summed E-state index contributed by atoms with van der Waals surface area (Å²) in [4.78, 5) is 0.119. The van der Waals surface area contributed by atoms with Gasteiger partial charge in [0.15, 0.2) is 4.67 Å². The Morgan fingerprint density at radius 2 is 2.00 bits per heavy atom. The summed E-state index contributed by atoms with van der Waals surface area (Å²) >= 11 is 8.75. The summed E-state index contributed by atoms with van der Waals surface area (Å²) in [6, 6.07) is 1.35. The molecule has 0 N–H and O–H groups in total. The lowest BCUT2D eigenvalue weighted by molar-refractivity contribution is 0.315. The Morgan fingerprint density at radius 1 is 1.44 bits per heavy atom. The Bertz CT molecular complexity index is 512. The summed E-state index contributed by atoms with van der Waals surface area (Å²) in [5.74, 6) is 0.785. The van der Waals surface area contributed by atoms with E-state index in [1.54, 1.807) is 7.05 Å². The fourth-order valence-electron chi connectivity index (χ4n) is 1.43. The normalized spacial score (nSPS) is 14.4. The first-order valence-corrected chi connectivity index (χ1v) is 8.30. The van der Waals surface area contributed by atoms with Crippen LogP contribution in [0.15, 0.2) is 20.0 Å². The SMILES string of the molecule is CC(C)C(C)N(C)S(=O)(=O)c1cc(CCl)oc1Br. The van der Waals surface area contributed by atoms with E-state index >= 15 is 0 Å². The van der Waals surface area contributed by atoms with Gasteiger partial charge < -0.3 is 4.42 Å². The first-order valence-electron chi connectivity index (χ1n) is 5.54. The van der Waals surface area contributed by atoms with Crippen LogP contribution in [-0.4, -0.2) is 25.8 Å². The van der Waals surface area contributed by atoms with Gasteiger partial charge in [-0.05, 0) is 28.8 Å².